The van der Waals surface area contributed by atoms with Crippen LogP contribution in [0.3, 0.4) is 0 Å². The third-order valence-corrected chi connectivity index (χ3v) is 3.93. The highest BCUT2D eigenvalue weighted by Crippen LogP contribution is 2.22. The number of carbonyl (C=O) groups is 1. The van der Waals surface area contributed by atoms with Crippen molar-refractivity contribution in [3.63, 3.8) is 0 Å². The van der Waals surface area contributed by atoms with E-state index in [9.17, 15) is 4.79 Å². The normalized spacial score (nSPS) is 16.8. The first-order valence-electron chi connectivity index (χ1n) is 7.88. The summed E-state index contributed by atoms with van der Waals surface area (Å²) in [4.78, 5) is 26.4. The largest absolute Gasteiger partial charge is 0.471 e. The molecule has 0 spiro atoms. The molecule has 8 nitrogen and oxygen atoms in total. The minimum absolute atomic E-state index is 0.106. The summed E-state index contributed by atoms with van der Waals surface area (Å²) in [5.74, 6) is 0.800. The van der Waals surface area contributed by atoms with Gasteiger partial charge in [0.2, 0.25) is 5.88 Å². The van der Waals surface area contributed by atoms with E-state index in [1.54, 1.807) is 48.0 Å². The van der Waals surface area contributed by atoms with E-state index < -0.39 is 0 Å². The Morgan fingerprint density at radius 1 is 1.24 bits per heavy atom. The minimum atomic E-state index is -0.177. The molecule has 8 heteroatoms. The van der Waals surface area contributed by atoms with E-state index >= 15 is 0 Å². The van der Waals surface area contributed by atoms with Crippen LogP contribution in [-0.4, -0.2) is 50.1 Å². The Labute approximate surface area is 143 Å². The Morgan fingerprint density at radius 3 is 2.96 bits per heavy atom. The van der Waals surface area contributed by atoms with Gasteiger partial charge in [-0.15, -0.1) is 0 Å². The maximum absolute atomic E-state index is 12.6. The van der Waals surface area contributed by atoms with Crippen LogP contribution in [-0.2, 0) is 0 Å². The monoisotopic (exact) mass is 337 g/mol. The minimum Gasteiger partial charge on any atom is -0.471 e. The van der Waals surface area contributed by atoms with Crippen molar-refractivity contribution >= 4 is 5.91 Å². The van der Waals surface area contributed by atoms with Crippen molar-refractivity contribution < 1.29 is 14.1 Å². The van der Waals surface area contributed by atoms with E-state index in [-0.39, 0.29) is 17.7 Å². The first-order valence-corrected chi connectivity index (χ1v) is 7.88. The van der Waals surface area contributed by atoms with E-state index in [0.717, 1.165) is 12.0 Å². The number of ether oxygens (including phenoxy) is 1. The maximum Gasteiger partial charge on any atom is 0.276 e. The Balaban J connectivity index is 1.41. The molecule has 3 aromatic rings. The molecule has 0 bridgehead atoms. The molecule has 1 aliphatic rings. The van der Waals surface area contributed by atoms with Crippen molar-refractivity contribution in [1.82, 2.24) is 25.0 Å². The SMILES string of the molecule is O=C(c1cc(-c2cccnc2)on1)N1CCC(Oc2cnccn2)C1. The van der Waals surface area contributed by atoms with Gasteiger partial charge in [-0.1, -0.05) is 5.16 Å². The number of carbonyl (C=O) groups excluding carboxylic acids is 1. The van der Waals surface area contributed by atoms with Gasteiger partial charge in [0.15, 0.2) is 11.5 Å². The van der Waals surface area contributed by atoms with Gasteiger partial charge in [-0.3, -0.25) is 14.8 Å². The van der Waals surface area contributed by atoms with Crippen LogP contribution in [0.2, 0.25) is 0 Å². The van der Waals surface area contributed by atoms with Crippen molar-refractivity contribution in [1.29, 1.82) is 0 Å². The van der Waals surface area contributed by atoms with Crippen LogP contribution in [0.5, 0.6) is 5.88 Å². The van der Waals surface area contributed by atoms with E-state index in [1.807, 2.05) is 6.07 Å². The highest BCUT2D eigenvalue weighted by molar-refractivity contribution is 5.93. The molecule has 0 saturated carbocycles. The zero-order valence-electron chi connectivity index (χ0n) is 13.3. The number of pyridine rings is 1. The summed E-state index contributed by atoms with van der Waals surface area (Å²) in [5.41, 5.74) is 1.05. The second-order valence-corrected chi connectivity index (χ2v) is 5.64. The van der Waals surface area contributed by atoms with Crippen LogP contribution in [0.15, 0.2) is 53.7 Å². The van der Waals surface area contributed by atoms with Gasteiger partial charge in [-0.25, -0.2) is 4.98 Å². The topological polar surface area (TPSA) is 94.2 Å². The lowest BCUT2D eigenvalue weighted by atomic mass is 10.2. The lowest BCUT2D eigenvalue weighted by molar-refractivity contribution is 0.0761. The lowest BCUT2D eigenvalue weighted by Gasteiger charge is -2.15. The molecule has 0 aromatic carbocycles. The Bertz CT molecular complexity index is 853. The molecule has 25 heavy (non-hydrogen) atoms. The van der Waals surface area contributed by atoms with Crippen LogP contribution in [0, 0.1) is 0 Å². The predicted octanol–water partition coefficient (Wildman–Crippen LogP) is 1.82. The number of hydrogen-bond acceptors (Lipinski definition) is 7. The third kappa shape index (κ3) is 3.32. The molecular weight excluding hydrogens is 322 g/mol. The lowest BCUT2D eigenvalue weighted by Crippen LogP contribution is -2.31. The molecule has 1 aliphatic heterocycles. The summed E-state index contributed by atoms with van der Waals surface area (Å²) in [6.45, 7) is 1.07. The fourth-order valence-corrected chi connectivity index (χ4v) is 2.71. The van der Waals surface area contributed by atoms with Gasteiger partial charge in [-0.2, -0.15) is 0 Å². The molecule has 0 N–H and O–H groups in total. The summed E-state index contributed by atoms with van der Waals surface area (Å²) in [7, 11) is 0. The number of rotatable bonds is 4. The molecule has 126 valence electrons. The molecule has 1 saturated heterocycles. The number of hydrogen-bond donors (Lipinski definition) is 0. The highest BCUT2D eigenvalue weighted by atomic mass is 16.5. The first kappa shape index (κ1) is 15.3. The molecule has 0 aliphatic carbocycles. The van der Waals surface area contributed by atoms with Gasteiger partial charge in [0, 0.05) is 49.4 Å². The van der Waals surface area contributed by atoms with Crippen LogP contribution < -0.4 is 4.74 Å². The zero-order chi connectivity index (χ0) is 17.1. The number of nitrogens with zero attached hydrogens (tertiary/aromatic N) is 5. The van der Waals surface area contributed by atoms with Gasteiger partial charge >= 0.3 is 0 Å². The smallest absolute Gasteiger partial charge is 0.276 e. The summed E-state index contributed by atoms with van der Waals surface area (Å²) < 4.78 is 11.0. The van der Waals surface area contributed by atoms with Crippen molar-refractivity contribution in [2.24, 2.45) is 0 Å². The van der Waals surface area contributed by atoms with Gasteiger partial charge in [-0.05, 0) is 12.1 Å². The summed E-state index contributed by atoms with van der Waals surface area (Å²) in [6, 6.07) is 5.28. The maximum atomic E-state index is 12.6. The van der Waals surface area contributed by atoms with Crippen molar-refractivity contribution in [2.75, 3.05) is 13.1 Å². The van der Waals surface area contributed by atoms with E-state index in [2.05, 4.69) is 20.1 Å². The number of amides is 1. The van der Waals surface area contributed by atoms with Gasteiger partial charge in [0.05, 0.1) is 12.7 Å². The van der Waals surface area contributed by atoms with Crippen molar-refractivity contribution in [3.8, 4) is 17.2 Å². The zero-order valence-corrected chi connectivity index (χ0v) is 13.3. The average Bonchev–Trinajstić information content (AvgIpc) is 3.33. The van der Waals surface area contributed by atoms with Crippen LogP contribution >= 0.6 is 0 Å². The summed E-state index contributed by atoms with van der Waals surface area (Å²) in [6.07, 6.45) is 8.68. The molecule has 0 radical (unpaired) electrons. The van der Waals surface area contributed by atoms with Gasteiger partial charge in [0.25, 0.3) is 5.91 Å². The molecule has 3 aromatic heterocycles. The number of likely N-dealkylation sites (tertiary alicyclic amines) is 1. The second kappa shape index (κ2) is 6.68. The molecular formula is C17H15N5O3. The van der Waals surface area contributed by atoms with E-state index in [4.69, 9.17) is 9.26 Å². The fraction of sp³-hybridized carbons (Fsp3) is 0.235. The Hall–Kier alpha value is -3.29. The first-order chi connectivity index (χ1) is 12.3. The van der Waals surface area contributed by atoms with E-state index in [0.29, 0.717) is 24.7 Å². The number of aromatic nitrogens is 4. The third-order valence-electron chi connectivity index (χ3n) is 3.93. The van der Waals surface area contributed by atoms with Crippen LogP contribution in [0.4, 0.5) is 0 Å². The Morgan fingerprint density at radius 2 is 2.16 bits per heavy atom. The van der Waals surface area contributed by atoms with Crippen molar-refractivity contribution in [2.45, 2.75) is 12.5 Å². The molecule has 1 amide bonds. The average molecular weight is 337 g/mol. The van der Waals surface area contributed by atoms with Crippen LogP contribution in [0.25, 0.3) is 11.3 Å². The van der Waals surface area contributed by atoms with E-state index in [1.165, 1.54) is 0 Å². The van der Waals surface area contributed by atoms with Crippen molar-refractivity contribution in [3.05, 3.63) is 54.9 Å². The van der Waals surface area contributed by atoms with Gasteiger partial charge in [0.1, 0.15) is 6.10 Å². The highest BCUT2D eigenvalue weighted by Gasteiger charge is 2.30. The molecule has 1 fully saturated rings. The summed E-state index contributed by atoms with van der Waals surface area (Å²) >= 11 is 0. The fourth-order valence-electron chi connectivity index (χ4n) is 2.71. The standard InChI is InChI=1S/C17H15N5O3/c23-17(14-8-15(25-21-14)12-2-1-4-18-9-12)22-7-3-13(11-22)24-16-10-19-5-6-20-16/h1-2,4-6,8-10,13H,3,7,11H2. The molecule has 4 rings (SSSR count). The Kier molecular flexibility index (Phi) is 4.07. The summed E-state index contributed by atoms with van der Waals surface area (Å²) in [5, 5.41) is 3.89. The predicted molar refractivity (Wildman–Crippen MR) is 86.7 cm³/mol. The van der Waals surface area contributed by atoms with Gasteiger partial charge < -0.3 is 14.2 Å². The quantitative estimate of drug-likeness (QED) is 0.716. The molecule has 1 atom stereocenters. The van der Waals surface area contributed by atoms with Crippen LogP contribution in [0.1, 0.15) is 16.9 Å². The molecule has 4 heterocycles. The molecule has 1 unspecified atom stereocenters. The second-order valence-electron chi connectivity index (χ2n) is 5.64.